The number of carbonyl (C=O) groups excluding carboxylic acids is 1. The number of allylic oxidation sites excluding steroid dienone is 2. The van der Waals surface area contributed by atoms with Crippen molar-refractivity contribution in [2.75, 3.05) is 6.61 Å². The standard InChI is InChI=1S/C19H36O2/c1-3-5-7-9-10-11-12-14-16-18-21-19(20)17-15-13-8-6-4-2/h7,9H,3-6,8,10-18H2,1-2H3/b9-7+. The second-order valence-corrected chi connectivity index (χ2v) is 5.85. The highest BCUT2D eigenvalue weighted by Crippen LogP contribution is 2.07. The predicted molar refractivity (Wildman–Crippen MR) is 91.5 cm³/mol. The molecular weight excluding hydrogens is 260 g/mol. The first-order valence-electron chi connectivity index (χ1n) is 9.11. The molecule has 2 nitrogen and oxygen atoms in total. The summed E-state index contributed by atoms with van der Waals surface area (Å²) in [4.78, 5) is 11.5. The lowest BCUT2D eigenvalue weighted by Gasteiger charge is -2.04. The first kappa shape index (κ1) is 20.2. The molecule has 0 heterocycles. The Morgan fingerprint density at radius 2 is 1.43 bits per heavy atom. The molecule has 0 aliphatic carbocycles. The molecule has 0 amide bonds. The van der Waals surface area contributed by atoms with Crippen LogP contribution >= 0.6 is 0 Å². The topological polar surface area (TPSA) is 26.3 Å². The fourth-order valence-electron chi connectivity index (χ4n) is 2.25. The lowest BCUT2D eigenvalue weighted by Crippen LogP contribution is -2.05. The maximum Gasteiger partial charge on any atom is 0.305 e. The summed E-state index contributed by atoms with van der Waals surface area (Å²) in [5, 5.41) is 0. The Morgan fingerprint density at radius 3 is 2.19 bits per heavy atom. The van der Waals surface area contributed by atoms with Crippen molar-refractivity contribution >= 4 is 5.97 Å². The van der Waals surface area contributed by atoms with Crippen molar-refractivity contribution in [2.45, 2.75) is 97.3 Å². The van der Waals surface area contributed by atoms with E-state index in [1.807, 2.05) is 0 Å². The van der Waals surface area contributed by atoms with Gasteiger partial charge in [-0.05, 0) is 32.1 Å². The molecule has 0 rings (SSSR count). The van der Waals surface area contributed by atoms with Gasteiger partial charge in [0.25, 0.3) is 0 Å². The summed E-state index contributed by atoms with van der Waals surface area (Å²) in [7, 11) is 0. The van der Waals surface area contributed by atoms with E-state index in [4.69, 9.17) is 4.74 Å². The average molecular weight is 296 g/mol. The molecule has 21 heavy (non-hydrogen) atoms. The smallest absolute Gasteiger partial charge is 0.305 e. The van der Waals surface area contributed by atoms with E-state index in [-0.39, 0.29) is 5.97 Å². The molecule has 0 aliphatic heterocycles. The van der Waals surface area contributed by atoms with Crippen molar-refractivity contribution in [2.24, 2.45) is 0 Å². The number of unbranched alkanes of at least 4 members (excludes halogenated alkanes) is 9. The van der Waals surface area contributed by atoms with E-state index in [2.05, 4.69) is 26.0 Å². The van der Waals surface area contributed by atoms with Crippen LogP contribution in [0.1, 0.15) is 97.3 Å². The van der Waals surface area contributed by atoms with Gasteiger partial charge in [-0.3, -0.25) is 4.79 Å². The minimum atomic E-state index is -0.00556. The molecular formula is C19H36O2. The van der Waals surface area contributed by atoms with E-state index < -0.39 is 0 Å². The Labute approximate surface area is 132 Å². The number of esters is 1. The fraction of sp³-hybridized carbons (Fsp3) is 0.842. The first-order valence-corrected chi connectivity index (χ1v) is 9.11. The fourth-order valence-corrected chi connectivity index (χ4v) is 2.25. The molecule has 0 saturated carbocycles. The molecule has 0 aromatic rings. The van der Waals surface area contributed by atoms with Crippen LogP contribution in [0.25, 0.3) is 0 Å². The van der Waals surface area contributed by atoms with Crippen molar-refractivity contribution < 1.29 is 9.53 Å². The van der Waals surface area contributed by atoms with Gasteiger partial charge in [-0.1, -0.05) is 70.9 Å². The van der Waals surface area contributed by atoms with Crippen LogP contribution in [0.2, 0.25) is 0 Å². The van der Waals surface area contributed by atoms with Crippen LogP contribution in [-0.4, -0.2) is 12.6 Å². The van der Waals surface area contributed by atoms with Gasteiger partial charge in [0.1, 0.15) is 0 Å². The largest absolute Gasteiger partial charge is 0.466 e. The molecule has 0 bridgehead atoms. The van der Waals surface area contributed by atoms with E-state index in [1.165, 1.54) is 57.8 Å². The van der Waals surface area contributed by atoms with Crippen molar-refractivity contribution in [3.05, 3.63) is 12.2 Å². The molecule has 0 radical (unpaired) electrons. The minimum absolute atomic E-state index is 0.00556. The molecule has 0 saturated heterocycles. The zero-order valence-electron chi connectivity index (χ0n) is 14.4. The predicted octanol–water partition coefficient (Wildman–Crippen LogP) is 6.20. The summed E-state index contributed by atoms with van der Waals surface area (Å²) in [6.07, 6.45) is 19.4. The lowest BCUT2D eigenvalue weighted by atomic mass is 10.1. The Bertz CT molecular complexity index is 246. The highest BCUT2D eigenvalue weighted by atomic mass is 16.5. The molecule has 124 valence electrons. The van der Waals surface area contributed by atoms with Crippen molar-refractivity contribution in [1.29, 1.82) is 0 Å². The van der Waals surface area contributed by atoms with Crippen LogP contribution in [0, 0.1) is 0 Å². The summed E-state index contributed by atoms with van der Waals surface area (Å²) in [5.74, 6) is -0.00556. The number of hydrogen-bond donors (Lipinski definition) is 0. The summed E-state index contributed by atoms with van der Waals surface area (Å²) < 4.78 is 5.26. The van der Waals surface area contributed by atoms with Crippen LogP contribution in [-0.2, 0) is 9.53 Å². The van der Waals surface area contributed by atoms with Gasteiger partial charge in [0.15, 0.2) is 0 Å². The molecule has 0 unspecified atom stereocenters. The van der Waals surface area contributed by atoms with Crippen molar-refractivity contribution in [1.82, 2.24) is 0 Å². The number of rotatable bonds is 15. The van der Waals surface area contributed by atoms with Gasteiger partial charge >= 0.3 is 5.97 Å². The second-order valence-electron chi connectivity index (χ2n) is 5.85. The summed E-state index contributed by atoms with van der Waals surface area (Å²) in [6.45, 7) is 5.02. The summed E-state index contributed by atoms with van der Waals surface area (Å²) in [5.41, 5.74) is 0. The summed E-state index contributed by atoms with van der Waals surface area (Å²) in [6, 6.07) is 0. The monoisotopic (exact) mass is 296 g/mol. The van der Waals surface area contributed by atoms with E-state index in [1.54, 1.807) is 0 Å². The van der Waals surface area contributed by atoms with Crippen LogP contribution < -0.4 is 0 Å². The average Bonchev–Trinajstić information content (AvgIpc) is 2.49. The van der Waals surface area contributed by atoms with E-state index >= 15 is 0 Å². The Balaban J connectivity index is 3.18. The molecule has 0 spiro atoms. The maximum absolute atomic E-state index is 11.5. The minimum Gasteiger partial charge on any atom is -0.466 e. The van der Waals surface area contributed by atoms with Crippen LogP contribution in [0.5, 0.6) is 0 Å². The zero-order valence-corrected chi connectivity index (χ0v) is 14.4. The maximum atomic E-state index is 11.5. The van der Waals surface area contributed by atoms with Gasteiger partial charge in [-0.25, -0.2) is 0 Å². The third-order valence-corrected chi connectivity index (χ3v) is 3.63. The van der Waals surface area contributed by atoms with E-state index in [0.717, 1.165) is 19.3 Å². The Morgan fingerprint density at radius 1 is 0.762 bits per heavy atom. The molecule has 0 fully saturated rings. The SMILES string of the molecule is CCC/C=C/CCCCCCOC(=O)CCCCCCC. The molecule has 2 heteroatoms. The molecule has 0 aliphatic rings. The van der Waals surface area contributed by atoms with Gasteiger partial charge in [-0.15, -0.1) is 0 Å². The normalized spacial score (nSPS) is 11.1. The number of ether oxygens (including phenoxy) is 1. The van der Waals surface area contributed by atoms with Gasteiger partial charge in [0.2, 0.25) is 0 Å². The van der Waals surface area contributed by atoms with Crippen molar-refractivity contribution in [3.8, 4) is 0 Å². The summed E-state index contributed by atoms with van der Waals surface area (Å²) >= 11 is 0. The zero-order chi connectivity index (χ0) is 15.6. The van der Waals surface area contributed by atoms with E-state index in [0.29, 0.717) is 13.0 Å². The van der Waals surface area contributed by atoms with E-state index in [9.17, 15) is 4.79 Å². The van der Waals surface area contributed by atoms with Gasteiger partial charge < -0.3 is 4.74 Å². The van der Waals surface area contributed by atoms with Gasteiger partial charge in [-0.2, -0.15) is 0 Å². The van der Waals surface area contributed by atoms with Gasteiger partial charge in [0, 0.05) is 6.42 Å². The molecule has 0 atom stereocenters. The van der Waals surface area contributed by atoms with Crippen LogP contribution in [0.3, 0.4) is 0 Å². The highest BCUT2D eigenvalue weighted by Gasteiger charge is 2.01. The Hall–Kier alpha value is -0.790. The quantitative estimate of drug-likeness (QED) is 0.204. The molecule has 0 N–H and O–H groups in total. The first-order chi connectivity index (χ1) is 10.3. The number of hydrogen-bond acceptors (Lipinski definition) is 2. The molecule has 0 aromatic heterocycles. The van der Waals surface area contributed by atoms with Crippen molar-refractivity contribution in [3.63, 3.8) is 0 Å². The van der Waals surface area contributed by atoms with Crippen LogP contribution in [0.15, 0.2) is 12.2 Å². The second kappa shape index (κ2) is 17.3. The Kier molecular flexibility index (Phi) is 16.6. The van der Waals surface area contributed by atoms with Crippen LogP contribution in [0.4, 0.5) is 0 Å². The molecule has 0 aromatic carbocycles. The lowest BCUT2D eigenvalue weighted by molar-refractivity contribution is -0.143. The third kappa shape index (κ3) is 17.2. The highest BCUT2D eigenvalue weighted by molar-refractivity contribution is 5.69. The van der Waals surface area contributed by atoms with Gasteiger partial charge in [0.05, 0.1) is 6.61 Å². The third-order valence-electron chi connectivity index (χ3n) is 3.63. The number of carbonyl (C=O) groups is 1.